The lowest BCUT2D eigenvalue weighted by Gasteiger charge is -2.39. The average Bonchev–Trinajstić information content (AvgIpc) is 3.40. The Morgan fingerprint density at radius 3 is 2.92 bits per heavy atom. The fourth-order valence-electron chi connectivity index (χ4n) is 4.46. The van der Waals surface area contributed by atoms with E-state index in [0.717, 1.165) is 19.4 Å². The highest BCUT2D eigenvalue weighted by molar-refractivity contribution is 6.31. The number of carbonyl (C=O) groups is 1. The number of benzene rings is 2. The van der Waals surface area contributed by atoms with Crippen LogP contribution in [0.5, 0.6) is 5.75 Å². The molecule has 11 heteroatoms. The summed E-state index contributed by atoms with van der Waals surface area (Å²) in [4.78, 5) is 23.9. The second kappa shape index (κ2) is 12.0. The summed E-state index contributed by atoms with van der Waals surface area (Å²) in [6.45, 7) is 3.45. The van der Waals surface area contributed by atoms with Crippen molar-refractivity contribution in [2.45, 2.75) is 25.0 Å². The highest BCUT2D eigenvalue weighted by Crippen LogP contribution is 2.35. The lowest BCUT2D eigenvalue weighted by Crippen LogP contribution is -2.50. The molecule has 1 amide bonds. The highest BCUT2D eigenvalue weighted by atomic mass is 35.5. The van der Waals surface area contributed by atoms with Gasteiger partial charge in [0.25, 0.3) is 0 Å². The second-order valence-corrected chi connectivity index (χ2v) is 9.64. The lowest BCUT2D eigenvalue weighted by molar-refractivity contribution is -0.112. The van der Waals surface area contributed by atoms with Crippen LogP contribution in [0.1, 0.15) is 12.8 Å². The number of hydrogen-bond donors (Lipinski definition) is 2. The second-order valence-electron chi connectivity index (χ2n) is 9.23. The molecule has 0 radical (unpaired) electrons. The first kappa shape index (κ1) is 26.3. The van der Waals surface area contributed by atoms with Crippen molar-refractivity contribution in [1.29, 1.82) is 0 Å². The normalized spacial score (nSPS) is 19.6. The van der Waals surface area contributed by atoms with E-state index in [1.807, 2.05) is 6.08 Å². The van der Waals surface area contributed by atoms with E-state index in [4.69, 9.17) is 25.8 Å². The summed E-state index contributed by atoms with van der Waals surface area (Å²) in [6, 6.07) is 8.25. The molecule has 3 heterocycles. The van der Waals surface area contributed by atoms with Crippen LogP contribution in [0, 0.1) is 5.82 Å². The molecule has 2 aliphatic heterocycles. The molecule has 2 aromatic carbocycles. The van der Waals surface area contributed by atoms with Crippen LogP contribution in [0.15, 0.2) is 48.8 Å². The maximum absolute atomic E-state index is 13.6. The SMILES string of the molecule is COCC1CCN1C/C=C/C(=O)Nc1cc2c(Nc3ccc(F)c(Cl)c3)ncnc2cc1OC1CCOC1. The van der Waals surface area contributed by atoms with Crippen molar-refractivity contribution < 1.29 is 23.4 Å². The first-order valence-electron chi connectivity index (χ1n) is 12.5. The lowest BCUT2D eigenvalue weighted by atomic mass is 10.0. The number of ether oxygens (including phenoxy) is 3. The molecule has 0 aliphatic carbocycles. The minimum Gasteiger partial charge on any atom is -0.486 e. The predicted molar refractivity (Wildman–Crippen MR) is 144 cm³/mol. The average molecular weight is 542 g/mol. The van der Waals surface area contributed by atoms with Crippen molar-refractivity contribution in [3.8, 4) is 5.75 Å². The molecule has 5 rings (SSSR count). The fourth-order valence-corrected chi connectivity index (χ4v) is 4.64. The van der Waals surface area contributed by atoms with Crippen molar-refractivity contribution in [2.24, 2.45) is 0 Å². The third-order valence-electron chi connectivity index (χ3n) is 6.59. The molecule has 2 fully saturated rings. The third kappa shape index (κ3) is 6.21. The number of anilines is 3. The summed E-state index contributed by atoms with van der Waals surface area (Å²) in [5.74, 6) is 0.176. The van der Waals surface area contributed by atoms with E-state index in [-0.39, 0.29) is 17.0 Å². The van der Waals surface area contributed by atoms with Gasteiger partial charge in [-0.1, -0.05) is 17.7 Å². The van der Waals surface area contributed by atoms with Gasteiger partial charge < -0.3 is 24.8 Å². The zero-order valence-corrected chi connectivity index (χ0v) is 21.7. The van der Waals surface area contributed by atoms with Gasteiger partial charge in [-0.3, -0.25) is 9.69 Å². The molecule has 0 spiro atoms. The summed E-state index contributed by atoms with van der Waals surface area (Å²) in [7, 11) is 1.70. The monoisotopic (exact) mass is 541 g/mol. The quantitative estimate of drug-likeness (QED) is 0.361. The van der Waals surface area contributed by atoms with Crippen LogP contribution in [0.3, 0.4) is 0 Å². The Kier molecular flexibility index (Phi) is 8.33. The van der Waals surface area contributed by atoms with Gasteiger partial charge in [0.2, 0.25) is 5.91 Å². The Morgan fingerprint density at radius 2 is 2.18 bits per heavy atom. The molecule has 200 valence electrons. The number of nitrogens with one attached hydrogen (secondary N) is 2. The summed E-state index contributed by atoms with van der Waals surface area (Å²) < 4.78 is 30.5. The van der Waals surface area contributed by atoms with Gasteiger partial charge in [0.15, 0.2) is 0 Å². The molecule has 3 aromatic rings. The molecular formula is C27H29ClFN5O4. The summed E-state index contributed by atoms with van der Waals surface area (Å²) in [5, 5.41) is 6.74. The number of nitrogens with zero attached hydrogens (tertiary/aromatic N) is 3. The van der Waals surface area contributed by atoms with Crippen molar-refractivity contribution in [3.63, 3.8) is 0 Å². The third-order valence-corrected chi connectivity index (χ3v) is 6.88. The van der Waals surface area contributed by atoms with E-state index in [9.17, 15) is 9.18 Å². The highest BCUT2D eigenvalue weighted by Gasteiger charge is 2.26. The smallest absolute Gasteiger partial charge is 0.248 e. The number of likely N-dealkylation sites (tertiary alicyclic amines) is 1. The number of aromatic nitrogens is 2. The number of hydrogen-bond acceptors (Lipinski definition) is 8. The Bertz CT molecular complexity index is 1330. The number of carbonyl (C=O) groups excluding carboxylic acids is 1. The molecule has 2 saturated heterocycles. The Morgan fingerprint density at radius 1 is 1.29 bits per heavy atom. The number of rotatable bonds is 10. The van der Waals surface area contributed by atoms with Gasteiger partial charge in [-0.25, -0.2) is 14.4 Å². The predicted octanol–water partition coefficient (Wildman–Crippen LogP) is 4.55. The molecule has 9 nitrogen and oxygen atoms in total. The van der Waals surface area contributed by atoms with E-state index in [1.165, 1.54) is 24.5 Å². The maximum atomic E-state index is 13.6. The number of methoxy groups -OCH3 is 1. The standard InChI is InChI=1S/C27H29ClFN5O4/c1-36-14-18-6-9-34(18)8-2-3-26(35)33-24-12-20-23(13-25(24)38-19-7-10-37-15-19)30-16-31-27(20)32-17-4-5-22(29)21(28)11-17/h2-5,11-13,16,18-19H,6-10,14-15H2,1H3,(H,33,35)(H,30,31,32)/b3-2+. The minimum absolute atomic E-state index is 0.00524. The van der Waals surface area contributed by atoms with Crippen molar-refractivity contribution in [1.82, 2.24) is 14.9 Å². The van der Waals surface area contributed by atoms with E-state index in [1.54, 1.807) is 25.3 Å². The van der Waals surface area contributed by atoms with Crippen molar-refractivity contribution >= 4 is 45.6 Å². The van der Waals surface area contributed by atoms with Crippen LogP contribution in [0.25, 0.3) is 10.9 Å². The van der Waals surface area contributed by atoms with E-state index in [2.05, 4.69) is 25.5 Å². The Balaban J connectivity index is 1.39. The van der Waals surface area contributed by atoms with E-state index in [0.29, 0.717) is 66.3 Å². The molecule has 2 unspecified atom stereocenters. The van der Waals surface area contributed by atoms with Gasteiger partial charge in [-0.15, -0.1) is 0 Å². The van der Waals surface area contributed by atoms with Gasteiger partial charge in [0.1, 0.15) is 29.8 Å². The minimum atomic E-state index is -0.510. The summed E-state index contributed by atoms with van der Waals surface area (Å²) in [6.07, 6.45) is 6.52. The Hall–Kier alpha value is -3.31. The molecule has 0 bridgehead atoms. The molecule has 2 aliphatic rings. The van der Waals surface area contributed by atoms with E-state index < -0.39 is 5.82 Å². The van der Waals surface area contributed by atoms with Crippen LogP contribution < -0.4 is 15.4 Å². The fraction of sp³-hybridized carbons (Fsp3) is 0.370. The van der Waals surface area contributed by atoms with Gasteiger partial charge in [-0.05, 0) is 30.7 Å². The van der Waals surface area contributed by atoms with Crippen LogP contribution >= 0.6 is 11.6 Å². The van der Waals surface area contributed by atoms with Gasteiger partial charge in [0, 0.05) is 55.9 Å². The zero-order chi connectivity index (χ0) is 26.5. The number of halogens is 2. The summed E-state index contributed by atoms with van der Waals surface area (Å²) in [5.41, 5.74) is 1.65. The summed E-state index contributed by atoms with van der Waals surface area (Å²) >= 11 is 5.94. The largest absolute Gasteiger partial charge is 0.486 e. The Labute approximate surface area is 224 Å². The number of amides is 1. The van der Waals surface area contributed by atoms with Gasteiger partial charge >= 0.3 is 0 Å². The molecule has 2 atom stereocenters. The van der Waals surface area contributed by atoms with Crippen LogP contribution in [0.2, 0.25) is 5.02 Å². The van der Waals surface area contributed by atoms with Gasteiger partial charge in [0.05, 0.1) is 36.0 Å². The topological polar surface area (TPSA) is 97.8 Å². The van der Waals surface area contributed by atoms with Crippen LogP contribution in [0.4, 0.5) is 21.6 Å². The molecule has 2 N–H and O–H groups in total. The van der Waals surface area contributed by atoms with Crippen LogP contribution in [-0.4, -0.2) is 72.9 Å². The molecule has 0 saturated carbocycles. The molecular weight excluding hydrogens is 513 g/mol. The molecule has 1 aromatic heterocycles. The molecule has 38 heavy (non-hydrogen) atoms. The van der Waals surface area contributed by atoms with E-state index >= 15 is 0 Å². The van der Waals surface area contributed by atoms with Crippen LogP contribution in [-0.2, 0) is 14.3 Å². The van der Waals surface area contributed by atoms with Crippen molar-refractivity contribution in [3.05, 3.63) is 59.7 Å². The first-order valence-corrected chi connectivity index (χ1v) is 12.8. The zero-order valence-electron chi connectivity index (χ0n) is 21.0. The maximum Gasteiger partial charge on any atom is 0.248 e. The number of fused-ring (bicyclic) bond motifs is 1. The van der Waals surface area contributed by atoms with Gasteiger partial charge in [-0.2, -0.15) is 0 Å². The van der Waals surface area contributed by atoms with Crippen molar-refractivity contribution in [2.75, 3.05) is 50.7 Å². The first-order chi connectivity index (χ1) is 18.5.